The Kier molecular flexibility index (Phi) is 6.56. The topological polar surface area (TPSA) is 130 Å². The van der Waals surface area contributed by atoms with Gasteiger partial charge in [0.1, 0.15) is 0 Å². The van der Waals surface area contributed by atoms with E-state index in [1.54, 1.807) is 60.7 Å². The Morgan fingerprint density at radius 1 is 0.711 bits per heavy atom. The molecule has 0 aromatic heterocycles. The molecule has 38 heavy (non-hydrogen) atoms. The second-order valence-corrected chi connectivity index (χ2v) is 9.43. The Bertz CT molecular complexity index is 1400. The first-order valence-corrected chi connectivity index (χ1v) is 12.1. The molecule has 1 N–H and O–H groups in total. The molecule has 5 rings (SSSR count). The summed E-state index contributed by atoms with van der Waals surface area (Å²) in [5.41, 5.74) is 2.11. The summed E-state index contributed by atoms with van der Waals surface area (Å²) in [4.78, 5) is 64.6. The fourth-order valence-corrected chi connectivity index (χ4v) is 4.97. The molecular weight excluding hydrogens is 488 g/mol. The summed E-state index contributed by atoms with van der Waals surface area (Å²) in [6, 6.07) is 18.5. The third-order valence-electron chi connectivity index (χ3n) is 6.77. The maximum Gasteiger partial charge on any atom is 0.269 e. The van der Waals surface area contributed by atoms with Crippen LogP contribution in [0.5, 0.6) is 0 Å². The zero-order chi connectivity index (χ0) is 27.0. The smallest absolute Gasteiger partial charge is 0.269 e. The summed E-state index contributed by atoms with van der Waals surface area (Å²) in [5.74, 6) is -1.53. The van der Waals surface area contributed by atoms with E-state index in [1.165, 1.54) is 21.9 Å². The van der Waals surface area contributed by atoms with Crippen molar-refractivity contribution in [3.8, 4) is 0 Å². The molecule has 2 aliphatic rings. The molecule has 0 saturated heterocycles. The summed E-state index contributed by atoms with van der Waals surface area (Å²) in [5, 5.41) is 14.4. The monoisotopic (exact) mass is 512 g/mol. The first kappa shape index (κ1) is 25.0. The molecule has 0 bridgehead atoms. The van der Waals surface area contributed by atoms with Crippen LogP contribution in [0, 0.1) is 10.1 Å². The van der Waals surface area contributed by atoms with Gasteiger partial charge in [0.15, 0.2) is 0 Å². The van der Waals surface area contributed by atoms with Crippen LogP contribution in [0.1, 0.15) is 53.9 Å². The van der Waals surface area contributed by atoms with E-state index in [1.807, 2.05) is 6.92 Å². The number of hydrogen-bond donors (Lipinski definition) is 1. The third kappa shape index (κ3) is 4.57. The minimum Gasteiger partial charge on any atom is -0.308 e. The van der Waals surface area contributed by atoms with Crippen molar-refractivity contribution in [3.63, 3.8) is 0 Å². The van der Waals surface area contributed by atoms with E-state index in [-0.39, 0.29) is 36.6 Å². The number of carbonyl (C=O) groups is 4. The van der Waals surface area contributed by atoms with Gasteiger partial charge in [0.2, 0.25) is 0 Å². The van der Waals surface area contributed by atoms with E-state index in [0.717, 1.165) is 5.56 Å². The van der Waals surface area contributed by atoms with E-state index in [4.69, 9.17) is 0 Å². The summed E-state index contributed by atoms with van der Waals surface area (Å²) >= 11 is 0. The fraction of sp³-hybridized carbons (Fsp3) is 0.214. The van der Waals surface area contributed by atoms with Crippen LogP contribution in [0.25, 0.3) is 0 Å². The summed E-state index contributed by atoms with van der Waals surface area (Å²) in [6.07, 6.45) is 0.345. The molecular formula is C28H24N4O6. The van der Waals surface area contributed by atoms with Crippen LogP contribution in [-0.4, -0.2) is 63.5 Å². The number of nitrogens with zero attached hydrogens (tertiary/aromatic N) is 3. The number of nitrogens with one attached hydrogen (secondary N) is 1. The lowest BCUT2D eigenvalue weighted by molar-refractivity contribution is -0.384. The second kappa shape index (κ2) is 9.98. The van der Waals surface area contributed by atoms with Crippen LogP contribution >= 0.6 is 0 Å². The van der Waals surface area contributed by atoms with Gasteiger partial charge in [-0.05, 0) is 43.2 Å². The fourth-order valence-electron chi connectivity index (χ4n) is 4.97. The van der Waals surface area contributed by atoms with Gasteiger partial charge in [0.05, 0.1) is 27.2 Å². The SMILES string of the molecule is C[C@H](CN1C(=O)c2ccccc2C1=O)N[C@@H](Cc1ccc([N+](=O)[O-])cc1)CN1C(=O)c2ccccc2C1=O. The van der Waals surface area contributed by atoms with Gasteiger partial charge in [0, 0.05) is 37.3 Å². The first-order chi connectivity index (χ1) is 18.2. The molecule has 0 aliphatic carbocycles. The van der Waals surface area contributed by atoms with Crippen LogP contribution in [-0.2, 0) is 6.42 Å². The number of rotatable bonds is 9. The Morgan fingerprint density at radius 2 is 1.13 bits per heavy atom. The first-order valence-electron chi connectivity index (χ1n) is 12.1. The standard InChI is InChI=1S/C28H24N4O6/c1-17(15-30-25(33)21-6-2-3-7-22(21)26(30)34)29-19(14-18-10-12-20(13-11-18)32(37)38)16-31-27(35)23-8-4-5-9-24(23)28(31)36/h2-13,17,19,29H,14-16H2,1H3/t17-,19+/m1/s1. The molecule has 4 amide bonds. The maximum atomic E-state index is 13.0. The molecule has 2 atom stereocenters. The number of non-ortho nitro benzene ring substituents is 1. The lowest BCUT2D eigenvalue weighted by Gasteiger charge is -2.28. The normalized spacial score (nSPS) is 16.0. The highest BCUT2D eigenvalue weighted by molar-refractivity contribution is 6.22. The third-order valence-corrected chi connectivity index (χ3v) is 6.77. The van der Waals surface area contributed by atoms with Gasteiger partial charge in [-0.25, -0.2) is 0 Å². The number of nitro groups is 1. The van der Waals surface area contributed by atoms with Crippen molar-refractivity contribution in [3.05, 3.63) is 111 Å². The second-order valence-electron chi connectivity index (χ2n) is 9.43. The van der Waals surface area contributed by atoms with Crippen LogP contribution in [0.15, 0.2) is 72.8 Å². The lowest BCUT2D eigenvalue weighted by atomic mass is 10.0. The molecule has 2 heterocycles. The molecule has 0 saturated carbocycles. The largest absolute Gasteiger partial charge is 0.308 e. The van der Waals surface area contributed by atoms with Crippen molar-refractivity contribution in [1.82, 2.24) is 15.1 Å². The molecule has 0 radical (unpaired) electrons. The van der Waals surface area contributed by atoms with E-state index >= 15 is 0 Å². The Balaban J connectivity index is 1.34. The summed E-state index contributed by atoms with van der Waals surface area (Å²) in [7, 11) is 0. The van der Waals surface area contributed by atoms with Crippen LogP contribution < -0.4 is 5.32 Å². The van der Waals surface area contributed by atoms with Gasteiger partial charge in [-0.15, -0.1) is 0 Å². The molecule has 3 aromatic carbocycles. The number of fused-ring (bicyclic) bond motifs is 2. The van der Waals surface area contributed by atoms with E-state index in [0.29, 0.717) is 28.7 Å². The van der Waals surface area contributed by atoms with Gasteiger partial charge in [-0.3, -0.25) is 39.1 Å². The van der Waals surface area contributed by atoms with Crippen molar-refractivity contribution in [1.29, 1.82) is 0 Å². The van der Waals surface area contributed by atoms with Crippen LogP contribution in [0.2, 0.25) is 0 Å². The number of benzene rings is 3. The van der Waals surface area contributed by atoms with Crippen molar-refractivity contribution in [2.75, 3.05) is 13.1 Å². The highest BCUT2D eigenvalue weighted by Gasteiger charge is 2.38. The minimum absolute atomic E-state index is 0.0375. The number of amides is 4. The molecule has 0 unspecified atom stereocenters. The molecule has 3 aromatic rings. The van der Waals surface area contributed by atoms with Crippen molar-refractivity contribution < 1.29 is 24.1 Å². The molecule has 10 heteroatoms. The summed E-state index contributed by atoms with van der Waals surface area (Å²) < 4.78 is 0. The molecule has 10 nitrogen and oxygen atoms in total. The van der Waals surface area contributed by atoms with Gasteiger partial charge in [-0.2, -0.15) is 0 Å². The zero-order valence-electron chi connectivity index (χ0n) is 20.5. The van der Waals surface area contributed by atoms with Crippen LogP contribution in [0.4, 0.5) is 5.69 Å². The maximum absolute atomic E-state index is 13.0. The lowest BCUT2D eigenvalue weighted by Crippen LogP contribution is -2.51. The Labute approximate surface area is 218 Å². The van der Waals surface area contributed by atoms with Gasteiger partial charge in [-0.1, -0.05) is 36.4 Å². The van der Waals surface area contributed by atoms with Gasteiger partial charge in [0.25, 0.3) is 29.3 Å². The van der Waals surface area contributed by atoms with E-state index < -0.39 is 22.8 Å². The summed E-state index contributed by atoms with van der Waals surface area (Å²) in [6.45, 7) is 1.94. The van der Waals surface area contributed by atoms with E-state index in [9.17, 15) is 29.3 Å². The van der Waals surface area contributed by atoms with Gasteiger partial charge < -0.3 is 5.32 Å². The molecule has 192 valence electrons. The van der Waals surface area contributed by atoms with Crippen molar-refractivity contribution in [2.45, 2.75) is 25.4 Å². The Morgan fingerprint density at radius 3 is 1.55 bits per heavy atom. The highest BCUT2D eigenvalue weighted by Crippen LogP contribution is 2.25. The zero-order valence-corrected chi connectivity index (χ0v) is 20.5. The van der Waals surface area contributed by atoms with Crippen molar-refractivity contribution in [2.24, 2.45) is 0 Å². The molecule has 0 spiro atoms. The predicted octanol–water partition coefficient (Wildman–Crippen LogP) is 3.08. The van der Waals surface area contributed by atoms with Gasteiger partial charge >= 0.3 is 0 Å². The minimum atomic E-state index is -0.484. The highest BCUT2D eigenvalue weighted by atomic mass is 16.6. The number of hydrogen-bond acceptors (Lipinski definition) is 7. The average molecular weight is 513 g/mol. The molecule has 2 aliphatic heterocycles. The van der Waals surface area contributed by atoms with E-state index in [2.05, 4.69) is 5.32 Å². The number of carbonyl (C=O) groups excluding carboxylic acids is 4. The van der Waals surface area contributed by atoms with Crippen molar-refractivity contribution >= 4 is 29.3 Å². The average Bonchev–Trinajstić information content (AvgIpc) is 3.29. The number of nitro benzene ring substituents is 1. The Hall–Kier alpha value is -4.70. The number of imide groups is 2. The molecule has 0 fully saturated rings. The predicted molar refractivity (Wildman–Crippen MR) is 137 cm³/mol. The quantitative estimate of drug-likeness (QED) is 0.265. The van der Waals surface area contributed by atoms with Crippen LogP contribution in [0.3, 0.4) is 0 Å².